The van der Waals surface area contributed by atoms with Gasteiger partial charge in [0.2, 0.25) is 0 Å². The molecule has 0 bridgehead atoms. The van der Waals surface area contributed by atoms with E-state index in [1.807, 2.05) is 24.3 Å². The summed E-state index contributed by atoms with van der Waals surface area (Å²) in [7, 11) is 0. The summed E-state index contributed by atoms with van der Waals surface area (Å²) in [5, 5.41) is 0. The predicted molar refractivity (Wildman–Crippen MR) is 27.0 cm³/mol. The first-order chi connectivity index (χ1) is 3.77. The Labute approximate surface area is 59.4 Å². The van der Waals surface area contributed by atoms with Gasteiger partial charge in [-0.3, -0.25) is 0 Å². The first-order valence-electron chi connectivity index (χ1n) is 2.31. The number of hydrogen-bond donors (Lipinski definition) is 0. The van der Waals surface area contributed by atoms with Crippen LogP contribution in [-0.2, 0) is 24.6 Å². The Hall–Kier alpha value is -0.162. The maximum absolute atomic E-state index is 10.2. The molecule has 41 valence electrons. The molecule has 0 heterocycles. The Balaban J connectivity index is 2.83. The molecule has 0 spiro atoms. The summed E-state index contributed by atoms with van der Waals surface area (Å²) >= 11 is 1.80. The van der Waals surface area contributed by atoms with Gasteiger partial charge in [0, 0.05) is 0 Å². The van der Waals surface area contributed by atoms with Gasteiger partial charge in [-0.15, -0.1) is 0 Å². The zero-order chi connectivity index (χ0) is 6.04. The maximum atomic E-state index is 10.2. The topological polar surface area (TPSA) is 17.1 Å². The van der Waals surface area contributed by atoms with Crippen LogP contribution >= 0.6 is 0 Å². The van der Waals surface area contributed by atoms with Crippen LogP contribution in [0.2, 0.25) is 3.80 Å². The molecule has 0 saturated heterocycles. The zero-order valence-electron chi connectivity index (χ0n) is 4.20. The van der Waals surface area contributed by atoms with Crippen molar-refractivity contribution in [1.82, 2.24) is 0 Å². The fourth-order valence-corrected chi connectivity index (χ4v) is 0.932. The van der Waals surface area contributed by atoms with Crippen molar-refractivity contribution in [2.24, 2.45) is 0 Å². The monoisotopic (exact) mass is 191 g/mol. The first-order valence-corrected chi connectivity index (χ1v) is 3.31. The van der Waals surface area contributed by atoms with E-state index in [2.05, 4.69) is 0 Å². The van der Waals surface area contributed by atoms with E-state index in [1.165, 1.54) is 0 Å². The summed E-state index contributed by atoms with van der Waals surface area (Å²) in [5.74, 6) is 0. The molecule has 2 heteroatoms. The second kappa shape index (κ2) is 1.98. The van der Waals surface area contributed by atoms with E-state index in [1.54, 1.807) is 19.8 Å². The van der Waals surface area contributed by atoms with Gasteiger partial charge < -0.3 is 0 Å². The molecule has 0 aromatic carbocycles. The van der Waals surface area contributed by atoms with E-state index in [0.717, 1.165) is 6.29 Å². The van der Waals surface area contributed by atoms with Crippen LogP contribution in [0.25, 0.3) is 0 Å². The average molecular weight is 189 g/mol. The number of aldehydes is 1. The molecule has 0 N–H and O–H groups in total. The molecule has 0 amide bonds. The van der Waals surface area contributed by atoms with Gasteiger partial charge in [-0.05, 0) is 0 Å². The fourth-order valence-electron chi connectivity index (χ4n) is 0.546. The molecule has 1 aliphatic carbocycles. The fraction of sp³-hybridized carbons (Fsp3) is 0.167. The van der Waals surface area contributed by atoms with Crippen molar-refractivity contribution in [3.63, 3.8) is 0 Å². The van der Waals surface area contributed by atoms with Crippen LogP contribution in [-0.4, -0.2) is 6.29 Å². The third-order valence-corrected chi connectivity index (χ3v) is 1.91. The molecular weight excluding hydrogens is 184 g/mol. The zero-order valence-corrected chi connectivity index (χ0v) is 6.21. The average Bonchev–Trinajstić information content (AvgIpc) is 2.17. The van der Waals surface area contributed by atoms with Crippen LogP contribution in [0.1, 0.15) is 0 Å². The SMILES string of the molecule is O=C[C]1([Mo])C=CC=C1. The molecule has 1 rings (SSSR count). The molecular formula is C6H5MoO. The molecule has 0 radical (unpaired) electrons. The molecule has 0 atom stereocenters. The van der Waals surface area contributed by atoms with Crippen LogP contribution in [0.5, 0.6) is 0 Å². The van der Waals surface area contributed by atoms with Gasteiger partial charge >= 0.3 is 59.0 Å². The van der Waals surface area contributed by atoms with Gasteiger partial charge in [0.05, 0.1) is 0 Å². The third kappa shape index (κ3) is 0.975. The summed E-state index contributed by atoms with van der Waals surface area (Å²) in [6.07, 6.45) is 8.47. The van der Waals surface area contributed by atoms with Crippen molar-refractivity contribution in [3.8, 4) is 0 Å². The summed E-state index contributed by atoms with van der Waals surface area (Å²) in [4.78, 5) is 10.2. The Morgan fingerprint density at radius 2 is 1.88 bits per heavy atom. The molecule has 8 heavy (non-hydrogen) atoms. The Bertz CT molecular complexity index is 146. The van der Waals surface area contributed by atoms with E-state index in [0.29, 0.717) is 0 Å². The predicted octanol–water partition coefficient (Wildman–Crippen LogP) is 1.02. The van der Waals surface area contributed by atoms with Crippen molar-refractivity contribution in [3.05, 3.63) is 24.3 Å². The second-order valence-corrected chi connectivity index (χ2v) is 3.43. The molecule has 0 aromatic rings. The quantitative estimate of drug-likeness (QED) is 0.444. The molecule has 0 fully saturated rings. The number of carbonyl (C=O) groups excluding carboxylic acids is 1. The molecule has 0 saturated carbocycles. The van der Waals surface area contributed by atoms with E-state index < -0.39 is 0 Å². The van der Waals surface area contributed by atoms with Crippen LogP contribution in [0.15, 0.2) is 24.3 Å². The van der Waals surface area contributed by atoms with Gasteiger partial charge in [0.15, 0.2) is 0 Å². The van der Waals surface area contributed by atoms with Crippen molar-refractivity contribution in [1.29, 1.82) is 0 Å². The Morgan fingerprint density at radius 3 is 2.12 bits per heavy atom. The molecule has 1 nitrogen and oxygen atoms in total. The number of allylic oxidation sites excluding steroid dienone is 4. The second-order valence-electron chi connectivity index (χ2n) is 1.69. The molecule has 0 aliphatic heterocycles. The number of carbonyl (C=O) groups is 1. The van der Waals surface area contributed by atoms with Crippen LogP contribution in [0.4, 0.5) is 0 Å². The Morgan fingerprint density at radius 1 is 1.38 bits per heavy atom. The van der Waals surface area contributed by atoms with Crippen LogP contribution < -0.4 is 0 Å². The van der Waals surface area contributed by atoms with E-state index in [-0.39, 0.29) is 3.80 Å². The standard InChI is InChI=1S/C6H5O.Mo/c7-5-6-3-1-2-4-6;/h1-5H;. The third-order valence-electron chi connectivity index (χ3n) is 1.01. The molecule has 1 aliphatic rings. The number of hydrogen-bond acceptors (Lipinski definition) is 1. The van der Waals surface area contributed by atoms with E-state index in [9.17, 15) is 4.79 Å². The van der Waals surface area contributed by atoms with Crippen LogP contribution in [0, 0.1) is 0 Å². The van der Waals surface area contributed by atoms with E-state index >= 15 is 0 Å². The van der Waals surface area contributed by atoms with E-state index in [4.69, 9.17) is 0 Å². The van der Waals surface area contributed by atoms with Gasteiger partial charge in [-0.2, -0.15) is 0 Å². The van der Waals surface area contributed by atoms with Crippen molar-refractivity contribution in [2.45, 2.75) is 3.80 Å². The minimum atomic E-state index is -0.296. The summed E-state index contributed by atoms with van der Waals surface area (Å²) < 4.78 is -0.296. The first kappa shape index (κ1) is 5.97. The van der Waals surface area contributed by atoms with Gasteiger partial charge in [-0.25, -0.2) is 0 Å². The van der Waals surface area contributed by atoms with Crippen LogP contribution in [0.3, 0.4) is 0 Å². The van der Waals surface area contributed by atoms with Crippen molar-refractivity contribution in [2.75, 3.05) is 0 Å². The van der Waals surface area contributed by atoms with Gasteiger partial charge in [-0.1, -0.05) is 0 Å². The molecule has 0 aromatic heterocycles. The summed E-state index contributed by atoms with van der Waals surface area (Å²) in [6.45, 7) is 0. The Kier molecular flexibility index (Phi) is 1.48. The van der Waals surface area contributed by atoms with Crippen molar-refractivity contribution >= 4 is 6.29 Å². The normalized spacial score (nSPS) is 21.5. The minimum absolute atomic E-state index is 0.296. The summed E-state index contributed by atoms with van der Waals surface area (Å²) in [5.41, 5.74) is 0. The molecule has 0 unspecified atom stereocenters. The van der Waals surface area contributed by atoms with Gasteiger partial charge in [0.1, 0.15) is 0 Å². The van der Waals surface area contributed by atoms with Crippen molar-refractivity contribution < 1.29 is 24.6 Å². The summed E-state index contributed by atoms with van der Waals surface area (Å²) in [6, 6.07) is 0. The van der Waals surface area contributed by atoms with Gasteiger partial charge in [0.25, 0.3) is 0 Å². The number of rotatable bonds is 1.